The van der Waals surface area contributed by atoms with Crippen LogP contribution in [-0.4, -0.2) is 24.6 Å². The third kappa shape index (κ3) is 5.02. The molecule has 0 radical (unpaired) electrons. The van der Waals surface area contributed by atoms with Crippen molar-refractivity contribution in [3.63, 3.8) is 0 Å². The SMILES string of the molecule is CC1(NCCN=C(N)N)CCCCCC1. The van der Waals surface area contributed by atoms with Gasteiger partial charge in [-0.1, -0.05) is 25.7 Å². The summed E-state index contributed by atoms with van der Waals surface area (Å²) in [5.41, 5.74) is 10.8. The number of rotatable bonds is 4. The first-order valence-corrected chi connectivity index (χ1v) is 5.93. The lowest BCUT2D eigenvalue weighted by Gasteiger charge is -2.29. The summed E-state index contributed by atoms with van der Waals surface area (Å²) < 4.78 is 0. The number of hydrogen-bond donors (Lipinski definition) is 3. The van der Waals surface area contributed by atoms with Gasteiger partial charge in [-0.05, 0) is 19.8 Å². The molecule has 0 saturated heterocycles. The van der Waals surface area contributed by atoms with Crippen LogP contribution in [0.15, 0.2) is 4.99 Å². The van der Waals surface area contributed by atoms with Gasteiger partial charge in [0.05, 0.1) is 6.54 Å². The minimum absolute atomic E-state index is 0.183. The molecule has 0 aromatic rings. The van der Waals surface area contributed by atoms with E-state index in [-0.39, 0.29) is 5.96 Å². The van der Waals surface area contributed by atoms with E-state index in [0.29, 0.717) is 12.1 Å². The molecular formula is C11H24N4. The average molecular weight is 212 g/mol. The van der Waals surface area contributed by atoms with Crippen LogP contribution in [0.2, 0.25) is 0 Å². The van der Waals surface area contributed by atoms with Gasteiger partial charge in [0, 0.05) is 12.1 Å². The zero-order valence-corrected chi connectivity index (χ0v) is 9.76. The quantitative estimate of drug-likeness (QED) is 0.281. The molecule has 0 aromatic carbocycles. The molecule has 1 aliphatic rings. The van der Waals surface area contributed by atoms with Crippen molar-refractivity contribution in [3.05, 3.63) is 0 Å². The smallest absolute Gasteiger partial charge is 0.185 e. The van der Waals surface area contributed by atoms with Crippen molar-refractivity contribution in [2.45, 2.75) is 51.0 Å². The molecule has 88 valence electrons. The average Bonchev–Trinajstić information content (AvgIpc) is 2.38. The predicted octanol–water partition coefficient (Wildman–Crippen LogP) is 0.962. The zero-order valence-electron chi connectivity index (χ0n) is 9.76. The van der Waals surface area contributed by atoms with E-state index in [4.69, 9.17) is 11.5 Å². The molecule has 0 aromatic heterocycles. The van der Waals surface area contributed by atoms with Crippen LogP contribution in [0.4, 0.5) is 0 Å². The van der Waals surface area contributed by atoms with E-state index in [0.717, 1.165) is 6.54 Å². The molecule has 1 rings (SSSR count). The second-order valence-electron chi connectivity index (χ2n) is 4.71. The van der Waals surface area contributed by atoms with Gasteiger partial charge in [0.2, 0.25) is 0 Å². The first-order valence-electron chi connectivity index (χ1n) is 5.93. The maximum absolute atomic E-state index is 5.27. The Hall–Kier alpha value is -0.770. The van der Waals surface area contributed by atoms with Gasteiger partial charge in [0.1, 0.15) is 0 Å². The van der Waals surface area contributed by atoms with Gasteiger partial charge in [-0.25, -0.2) is 0 Å². The lowest BCUT2D eigenvalue weighted by Crippen LogP contribution is -2.43. The van der Waals surface area contributed by atoms with Gasteiger partial charge >= 0.3 is 0 Å². The van der Waals surface area contributed by atoms with Crippen LogP contribution in [0.3, 0.4) is 0 Å². The second-order valence-corrected chi connectivity index (χ2v) is 4.71. The van der Waals surface area contributed by atoms with Gasteiger partial charge in [-0.15, -0.1) is 0 Å². The fraction of sp³-hybridized carbons (Fsp3) is 0.909. The Kier molecular flexibility index (Phi) is 4.88. The Balaban J connectivity index is 2.25. The molecule has 1 aliphatic carbocycles. The summed E-state index contributed by atoms with van der Waals surface area (Å²) in [4.78, 5) is 3.97. The minimum Gasteiger partial charge on any atom is -0.370 e. The Labute approximate surface area is 92.5 Å². The van der Waals surface area contributed by atoms with Gasteiger partial charge in [0.15, 0.2) is 5.96 Å². The standard InChI is InChI=1S/C11H24N4/c1-11(6-4-2-3-5-7-11)15-9-8-14-10(12)13/h15H,2-9H2,1H3,(H4,12,13,14). The van der Waals surface area contributed by atoms with E-state index in [2.05, 4.69) is 17.2 Å². The molecule has 0 amide bonds. The number of nitrogens with zero attached hydrogens (tertiary/aromatic N) is 1. The van der Waals surface area contributed by atoms with Crippen LogP contribution in [0.1, 0.15) is 45.4 Å². The summed E-state index contributed by atoms with van der Waals surface area (Å²) in [6.07, 6.45) is 7.98. The normalized spacial score (nSPS) is 20.6. The molecule has 4 heteroatoms. The van der Waals surface area contributed by atoms with Crippen LogP contribution in [-0.2, 0) is 0 Å². The van der Waals surface area contributed by atoms with Crippen molar-refractivity contribution in [3.8, 4) is 0 Å². The molecule has 0 unspecified atom stereocenters. The van der Waals surface area contributed by atoms with E-state index >= 15 is 0 Å². The highest BCUT2D eigenvalue weighted by Gasteiger charge is 2.23. The van der Waals surface area contributed by atoms with Crippen LogP contribution >= 0.6 is 0 Å². The molecule has 0 atom stereocenters. The Morgan fingerprint density at radius 1 is 1.20 bits per heavy atom. The Morgan fingerprint density at radius 2 is 1.80 bits per heavy atom. The number of hydrogen-bond acceptors (Lipinski definition) is 2. The molecular weight excluding hydrogens is 188 g/mol. The van der Waals surface area contributed by atoms with Crippen molar-refractivity contribution < 1.29 is 0 Å². The van der Waals surface area contributed by atoms with Gasteiger partial charge < -0.3 is 16.8 Å². The van der Waals surface area contributed by atoms with E-state index in [1.54, 1.807) is 0 Å². The summed E-state index contributed by atoms with van der Waals surface area (Å²) in [5, 5.41) is 3.58. The molecule has 15 heavy (non-hydrogen) atoms. The second kappa shape index (κ2) is 5.95. The Bertz CT molecular complexity index is 201. The molecule has 0 heterocycles. The van der Waals surface area contributed by atoms with Gasteiger partial charge in [0.25, 0.3) is 0 Å². The lowest BCUT2D eigenvalue weighted by atomic mass is 9.93. The largest absolute Gasteiger partial charge is 0.370 e. The monoisotopic (exact) mass is 212 g/mol. The van der Waals surface area contributed by atoms with Crippen molar-refractivity contribution in [2.24, 2.45) is 16.5 Å². The summed E-state index contributed by atoms with van der Waals surface area (Å²) in [6.45, 7) is 3.86. The fourth-order valence-electron chi connectivity index (χ4n) is 2.23. The summed E-state index contributed by atoms with van der Waals surface area (Å²) in [6, 6.07) is 0. The summed E-state index contributed by atoms with van der Waals surface area (Å²) >= 11 is 0. The highest BCUT2D eigenvalue weighted by atomic mass is 15.0. The Morgan fingerprint density at radius 3 is 2.33 bits per heavy atom. The zero-order chi connectivity index (χ0) is 11.1. The van der Waals surface area contributed by atoms with Crippen LogP contribution in [0, 0.1) is 0 Å². The highest BCUT2D eigenvalue weighted by Crippen LogP contribution is 2.26. The molecule has 4 nitrogen and oxygen atoms in total. The van der Waals surface area contributed by atoms with Crippen LogP contribution < -0.4 is 16.8 Å². The maximum Gasteiger partial charge on any atom is 0.185 e. The molecule has 1 saturated carbocycles. The van der Waals surface area contributed by atoms with Gasteiger partial charge in [-0.3, -0.25) is 4.99 Å². The van der Waals surface area contributed by atoms with Crippen molar-refractivity contribution in [1.29, 1.82) is 0 Å². The molecule has 1 fully saturated rings. The minimum atomic E-state index is 0.183. The molecule has 0 spiro atoms. The van der Waals surface area contributed by atoms with Crippen molar-refractivity contribution >= 4 is 5.96 Å². The van der Waals surface area contributed by atoms with Crippen molar-refractivity contribution in [1.82, 2.24) is 5.32 Å². The fourth-order valence-corrected chi connectivity index (χ4v) is 2.23. The van der Waals surface area contributed by atoms with Gasteiger partial charge in [-0.2, -0.15) is 0 Å². The maximum atomic E-state index is 5.27. The van der Waals surface area contributed by atoms with Crippen molar-refractivity contribution in [2.75, 3.05) is 13.1 Å². The summed E-state index contributed by atoms with van der Waals surface area (Å²) in [5.74, 6) is 0.183. The van der Waals surface area contributed by atoms with Crippen LogP contribution in [0.5, 0.6) is 0 Å². The predicted molar refractivity (Wildman–Crippen MR) is 64.8 cm³/mol. The molecule has 5 N–H and O–H groups in total. The topological polar surface area (TPSA) is 76.4 Å². The van der Waals surface area contributed by atoms with E-state index in [9.17, 15) is 0 Å². The first-order chi connectivity index (χ1) is 7.12. The molecule has 0 aliphatic heterocycles. The first kappa shape index (κ1) is 12.3. The number of nitrogens with two attached hydrogens (primary N) is 2. The molecule has 0 bridgehead atoms. The number of aliphatic imine (C=N–C) groups is 1. The summed E-state index contributed by atoms with van der Waals surface area (Å²) in [7, 11) is 0. The highest BCUT2D eigenvalue weighted by molar-refractivity contribution is 5.75. The number of nitrogens with one attached hydrogen (secondary N) is 1. The third-order valence-electron chi connectivity index (χ3n) is 3.17. The third-order valence-corrected chi connectivity index (χ3v) is 3.17. The van der Waals surface area contributed by atoms with Crippen LogP contribution in [0.25, 0.3) is 0 Å². The number of guanidine groups is 1. The van der Waals surface area contributed by atoms with E-state index < -0.39 is 0 Å². The lowest BCUT2D eigenvalue weighted by molar-refractivity contribution is 0.317. The van der Waals surface area contributed by atoms with E-state index in [1.807, 2.05) is 0 Å². The van der Waals surface area contributed by atoms with E-state index in [1.165, 1.54) is 38.5 Å².